The van der Waals surface area contributed by atoms with Gasteiger partial charge in [0.05, 0.1) is 21.9 Å². The van der Waals surface area contributed by atoms with E-state index < -0.39 is 0 Å². The molecule has 0 radical (unpaired) electrons. The van der Waals surface area contributed by atoms with Crippen molar-refractivity contribution in [1.29, 1.82) is 0 Å². The summed E-state index contributed by atoms with van der Waals surface area (Å²) in [5.74, 6) is 0.381. The summed E-state index contributed by atoms with van der Waals surface area (Å²) in [4.78, 5) is 16.4. The second kappa shape index (κ2) is 7.74. The maximum Gasteiger partial charge on any atom is 0.255 e. The van der Waals surface area contributed by atoms with E-state index in [0.29, 0.717) is 32.1 Å². The molecule has 0 fully saturated rings. The third-order valence-electron chi connectivity index (χ3n) is 3.32. The number of aromatic nitrogens is 1. The zero-order valence-electron chi connectivity index (χ0n) is 12.8. The highest BCUT2D eigenvalue weighted by molar-refractivity contribution is 6.42. The molecule has 0 aliphatic heterocycles. The van der Waals surface area contributed by atoms with Gasteiger partial charge in [0.25, 0.3) is 5.91 Å². The number of rotatable bonds is 4. The molecule has 3 rings (SSSR count). The number of carbonyl (C=O) groups is 1. The Kier molecular flexibility index (Phi) is 5.43. The minimum atomic E-state index is -0.233. The normalized spacial score (nSPS) is 10.4. The number of halogens is 3. The molecular weight excluding hydrogens is 381 g/mol. The molecule has 0 aliphatic rings. The average Bonchev–Trinajstić information content (AvgIpc) is 2.60. The van der Waals surface area contributed by atoms with Crippen molar-refractivity contribution in [1.82, 2.24) is 4.98 Å². The van der Waals surface area contributed by atoms with Crippen molar-refractivity contribution in [2.75, 3.05) is 10.6 Å². The number of amides is 1. The van der Waals surface area contributed by atoms with Gasteiger partial charge in [0.1, 0.15) is 5.82 Å². The fourth-order valence-electron chi connectivity index (χ4n) is 2.07. The lowest BCUT2D eigenvalue weighted by Crippen LogP contribution is -2.11. The lowest BCUT2D eigenvalue weighted by molar-refractivity contribution is 0.102. The Hall–Kier alpha value is -2.27. The Morgan fingerprint density at radius 2 is 1.56 bits per heavy atom. The number of benzene rings is 2. The van der Waals surface area contributed by atoms with Crippen molar-refractivity contribution in [2.45, 2.75) is 0 Å². The van der Waals surface area contributed by atoms with Gasteiger partial charge in [0.2, 0.25) is 0 Å². The molecule has 7 heteroatoms. The number of nitrogens with zero attached hydrogens (tertiary/aromatic N) is 1. The second-order valence-electron chi connectivity index (χ2n) is 5.15. The van der Waals surface area contributed by atoms with Crippen molar-refractivity contribution in [3.05, 3.63) is 81.4 Å². The van der Waals surface area contributed by atoms with Gasteiger partial charge in [-0.05, 0) is 54.6 Å². The van der Waals surface area contributed by atoms with Gasteiger partial charge in [0, 0.05) is 16.3 Å². The van der Waals surface area contributed by atoms with Crippen LogP contribution in [0.5, 0.6) is 0 Å². The van der Waals surface area contributed by atoms with E-state index in [0.717, 1.165) is 5.69 Å². The number of anilines is 3. The molecule has 0 spiro atoms. The fourth-order valence-corrected chi connectivity index (χ4v) is 2.49. The van der Waals surface area contributed by atoms with Gasteiger partial charge in [-0.15, -0.1) is 0 Å². The Balaban J connectivity index is 1.66. The van der Waals surface area contributed by atoms with Crippen molar-refractivity contribution in [3.63, 3.8) is 0 Å². The molecule has 0 atom stereocenters. The topological polar surface area (TPSA) is 54.0 Å². The van der Waals surface area contributed by atoms with Gasteiger partial charge in [-0.3, -0.25) is 4.79 Å². The quantitative estimate of drug-likeness (QED) is 0.569. The largest absolute Gasteiger partial charge is 0.340 e. The molecule has 3 aromatic rings. The second-order valence-corrected chi connectivity index (χ2v) is 6.40. The van der Waals surface area contributed by atoms with Crippen LogP contribution in [-0.4, -0.2) is 10.9 Å². The minimum Gasteiger partial charge on any atom is -0.340 e. The van der Waals surface area contributed by atoms with Gasteiger partial charge < -0.3 is 10.6 Å². The highest BCUT2D eigenvalue weighted by atomic mass is 35.5. The molecule has 0 unspecified atom stereocenters. The number of nitrogens with one attached hydrogen (secondary N) is 2. The molecule has 25 heavy (non-hydrogen) atoms. The standard InChI is InChI=1S/C18H12Cl3N3O/c19-12-3-1-11(2-4-12)18(25)24-14-6-8-17(22-10-14)23-13-5-7-15(20)16(21)9-13/h1-10H,(H,22,23)(H,24,25). The summed E-state index contributed by atoms with van der Waals surface area (Å²) in [5, 5.41) is 7.41. The average molecular weight is 393 g/mol. The summed E-state index contributed by atoms with van der Waals surface area (Å²) >= 11 is 17.7. The predicted octanol–water partition coefficient (Wildman–Crippen LogP) is 6.04. The number of hydrogen-bond acceptors (Lipinski definition) is 3. The zero-order valence-corrected chi connectivity index (χ0v) is 15.0. The van der Waals surface area contributed by atoms with E-state index in [1.165, 1.54) is 0 Å². The number of carbonyl (C=O) groups excluding carboxylic acids is 1. The van der Waals surface area contributed by atoms with E-state index in [-0.39, 0.29) is 5.91 Å². The van der Waals surface area contributed by atoms with Gasteiger partial charge >= 0.3 is 0 Å². The third kappa shape index (κ3) is 4.63. The van der Waals surface area contributed by atoms with Crippen LogP contribution in [-0.2, 0) is 0 Å². The number of pyridine rings is 1. The van der Waals surface area contributed by atoms with Crippen LogP contribution >= 0.6 is 34.8 Å². The SMILES string of the molecule is O=C(Nc1ccc(Nc2ccc(Cl)c(Cl)c2)nc1)c1ccc(Cl)cc1. The van der Waals surface area contributed by atoms with Gasteiger partial charge in [-0.25, -0.2) is 4.98 Å². The van der Waals surface area contributed by atoms with Crippen molar-refractivity contribution >= 4 is 57.9 Å². The number of hydrogen-bond donors (Lipinski definition) is 2. The molecule has 4 nitrogen and oxygen atoms in total. The first-order chi connectivity index (χ1) is 12.0. The van der Waals surface area contributed by atoms with Crippen LogP contribution in [0.2, 0.25) is 15.1 Å². The first-order valence-electron chi connectivity index (χ1n) is 7.26. The fraction of sp³-hybridized carbons (Fsp3) is 0. The van der Waals surface area contributed by atoms with E-state index in [9.17, 15) is 4.79 Å². The van der Waals surface area contributed by atoms with E-state index in [2.05, 4.69) is 15.6 Å². The summed E-state index contributed by atoms with van der Waals surface area (Å²) in [5.41, 5.74) is 1.86. The van der Waals surface area contributed by atoms with E-state index in [4.69, 9.17) is 34.8 Å². The third-order valence-corrected chi connectivity index (χ3v) is 4.31. The summed E-state index contributed by atoms with van der Waals surface area (Å²) in [6.45, 7) is 0. The summed E-state index contributed by atoms with van der Waals surface area (Å²) < 4.78 is 0. The maximum absolute atomic E-state index is 12.1. The monoisotopic (exact) mass is 391 g/mol. The van der Waals surface area contributed by atoms with E-state index >= 15 is 0 Å². The molecule has 2 aromatic carbocycles. The first kappa shape index (κ1) is 17.5. The minimum absolute atomic E-state index is 0.233. The van der Waals surface area contributed by atoms with Crippen molar-refractivity contribution in [3.8, 4) is 0 Å². The van der Waals surface area contributed by atoms with Crippen LogP contribution < -0.4 is 10.6 Å². The smallest absolute Gasteiger partial charge is 0.255 e. The summed E-state index contributed by atoms with van der Waals surface area (Å²) in [6, 6.07) is 15.4. The van der Waals surface area contributed by atoms with Crippen LogP contribution in [0, 0.1) is 0 Å². The lowest BCUT2D eigenvalue weighted by atomic mass is 10.2. The van der Waals surface area contributed by atoms with Gasteiger partial charge in [-0.1, -0.05) is 34.8 Å². The van der Waals surface area contributed by atoms with Crippen LogP contribution in [0.3, 0.4) is 0 Å². The van der Waals surface area contributed by atoms with Crippen molar-refractivity contribution < 1.29 is 4.79 Å². The Morgan fingerprint density at radius 3 is 2.20 bits per heavy atom. The molecule has 1 amide bonds. The van der Waals surface area contributed by atoms with Crippen LogP contribution in [0.1, 0.15) is 10.4 Å². The maximum atomic E-state index is 12.1. The molecule has 0 aliphatic carbocycles. The highest BCUT2D eigenvalue weighted by Gasteiger charge is 2.06. The van der Waals surface area contributed by atoms with Crippen LogP contribution in [0.25, 0.3) is 0 Å². The Labute approximate surface area is 159 Å². The molecule has 0 saturated carbocycles. The summed E-state index contributed by atoms with van der Waals surface area (Å²) in [7, 11) is 0. The molecule has 2 N–H and O–H groups in total. The predicted molar refractivity (Wildman–Crippen MR) is 103 cm³/mol. The van der Waals surface area contributed by atoms with Crippen molar-refractivity contribution in [2.24, 2.45) is 0 Å². The zero-order chi connectivity index (χ0) is 17.8. The first-order valence-corrected chi connectivity index (χ1v) is 8.40. The van der Waals surface area contributed by atoms with Gasteiger partial charge in [0.15, 0.2) is 0 Å². The summed E-state index contributed by atoms with van der Waals surface area (Å²) in [6.07, 6.45) is 1.56. The molecule has 1 aromatic heterocycles. The highest BCUT2D eigenvalue weighted by Crippen LogP contribution is 2.26. The van der Waals surface area contributed by atoms with Gasteiger partial charge in [-0.2, -0.15) is 0 Å². The Bertz CT molecular complexity index is 896. The van der Waals surface area contributed by atoms with E-state index in [1.807, 2.05) is 0 Å². The molecular formula is C18H12Cl3N3O. The molecule has 126 valence electrons. The Morgan fingerprint density at radius 1 is 0.840 bits per heavy atom. The van der Waals surface area contributed by atoms with Crippen LogP contribution in [0.15, 0.2) is 60.8 Å². The molecule has 1 heterocycles. The molecule has 0 bridgehead atoms. The lowest BCUT2D eigenvalue weighted by Gasteiger charge is -2.09. The molecule has 0 saturated heterocycles. The van der Waals surface area contributed by atoms with E-state index in [1.54, 1.807) is 60.8 Å². The van der Waals surface area contributed by atoms with Crippen LogP contribution in [0.4, 0.5) is 17.2 Å².